The number of aromatic nitrogens is 5. The smallest absolute Gasteiger partial charge is 0.155 e. The third-order valence-corrected chi connectivity index (χ3v) is 6.44. The third-order valence-electron chi connectivity index (χ3n) is 6.44. The van der Waals surface area contributed by atoms with Gasteiger partial charge in [0.25, 0.3) is 0 Å². The highest BCUT2D eigenvalue weighted by atomic mass is 19.1. The van der Waals surface area contributed by atoms with Crippen LogP contribution in [-0.2, 0) is 12.8 Å². The Labute approximate surface area is 184 Å². The molecule has 0 bridgehead atoms. The fourth-order valence-electron chi connectivity index (χ4n) is 4.74. The van der Waals surface area contributed by atoms with Gasteiger partial charge in [0.15, 0.2) is 5.82 Å². The molecule has 0 atom stereocenters. The number of aromatic amines is 1. The first-order valence-corrected chi connectivity index (χ1v) is 11.0. The van der Waals surface area contributed by atoms with Gasteiger partial charge in [-0.15, -0.1) is 5.10 Å². The third kappa shape index (κ3) is 2.94. The van der Waals surface area contributed by atoms with E-state index in [0.717, 1.165) is 46.3 Å². The average molecular weight is 423 g/mol. The van der Waals surface area contributed by atoms with Crippen LogP contribution < -0.4 is 0 Å². The Hall–Kier alpha value is -3.80. The molecule has 158 valence electrons. The topological polar surface area (TPSA) is 59.4 Å². The molecule has 2 heterocycles. The highest BCUT2D eigenvalue weighted by molar-refractivity contribution is 5.97. The van der Waals surface area contributed by atoms with Gasteiger partial charge < -0.3 is 4.98 Å². The number of benzene rings is 3. The molecule has 6 rings (SSSR count). The number of hydrogen-bond donors (Lipinski definition) is 1. The fourth-order valence-corrected chi connectivity index (χ4v) is 4.74. The van der Waals surface area contributed by atoms with E-state index in [-0.39, 0.29) is 5.82 Å². The van der Waals surface area contributed by atoms with Crippen molar-refractivity contribution in [3.05, 3.63) is 83.4 Å². The molecule has 2 aromatic heterocycles. The zero-order valence-corrected chi connectivity index (χ0v) is 17.8. The molecular formula is C26H22FN5. The van der Waals surface area contributed by atoms with Crippen LogP contribution in [0.1, 0.15) is 36.5 Å². The lowest BCUT2D eigenvalue weighted by atomic mass is 9.99. The lowest BCUT2D eigenvalue weighted by Gasteiger charge is -2.08. The molecule has 0 saturated heterocycles. The number of hydrogen-bond acceptors (Lipinski definition) is 3. The Morgan fingerprint density at radius 2 is 1.88 bits per heavy atom. The molecule has 0 unspecified atom stereocenters. The molecule has 0 spiro atoms. The highest BCUT2D eigenvalue weighted by Gasteiger charge is 2.25. The molecule has 0 radical (unpaired) electrons. The van der Waals surface area contributed by atoms with Crippen LogP contribution in [-0.4, -0.2) is 25.2 Å². The predicted molar refractivity (Wildman–Crippen MR) is 123 cm³/mol. The summed E-state index contributed by atoms with van der Waals surface area (Å²) in [5, 5.41) is 12.3. The Morgan fingerprint density at radius 1 is 1.03 bits per heavy atom. The maximum Gasteiger partial charge on any atom is 0.155 e. The van der Waals surface area contributed by atoms with Gasteiger partial charge in [-0.1, -0.05) is 55.8 Å². The first-order chi connectivity index (χ1) is 15.7. The van der Waals surface area contributed by atoms with E-state index < -0.39 is 0 Å². The molecular weight excluding hydrogens is 401 g/mol. The first kappa shape index (κ1) is 18.9. The van der Waals surface area contributed by atoms with Crippen LogP contribution in [0.5, 0.6) is 0 Å². The van der Waals surface area contributed by atoms with Crippen LogP contribution in [0.25, 0.3) is 39.0 Å². The van der Waals surface area contributed by atoms with Crippen molar-refractivity contribution in [1.29, 1.82) is 0 Å². The SMILES string of the molecule is CCCCc1ccc(-c2ccc3c4c([nH]c3c2F)-c2ccc(-n3cnnn3)cc2C4)cc1. The predicted octanol–water partition coefficient (Wildman–Crippen LogP) is 5.86. The summed E-state index contributed by atoms with van der Waals surface area (Å²) in [5.41, 5.74) is 8.78. The number of rotatable bonds is 5. The Bertz CT molecular complexity index is 1430. The molecule has 5 nitrogen and oxygen atoms in total. The number of nitrogens with zero attached hydrogens (tertiary/aromatic N) is 4. The number of halogens is 1. The Morgan fingerprint density at radius 3 is 2.66 bits per heavy atom. The van der Waals surface area contributed by atoms with Crippen LogP contribution >= 0.6 is 0 Å². The van der Waals surface area contributed by atoms with Crippen molar-refractivity contribution < 1.29 is 4.39 Å². The minimum Gasteiger partial charge on any atom is -0.352 e. The molecule has 3 aromatic carbocycles. The van der Waals surface area contributed by atoms with Gasteiger partial charge in [0.2, 0.25) is 0 Å². The van der Waals surface area contributed by atoms with E-state index in [2.05, 4.69) is 51.7 Å². The van der Waals surface area contributed by atoms with Gasteiger partial charge in [0.1, 0.15) is 6.33 Å². The van der Waals surface area contributed by atoms with E-state index in [1.165, 1.54) is 24.0 Å². The van der Waals surface area contributed by atoms with Crippen molar-refractivity contribution in [3.8, 4) is 28.1 Å². The van der Waals surface area contributed by atoms with Crippen molar-refractivity contribution in [1.82, 2.24) is 25.2 Å². The minimum absolute atomic E-state index is 0.190. The summed E-state index contributed by atoms with van der Waals surface area (Å²) in [7, 11) is 0. The van der Waals surface area contributed by atoms with E-state index >= 15 is 4.39 Å². The lowest BCUT2D eigenvalue weighted by molar-refractivity contribution is 0.640. The maximum atomic E-state index is 15.6. The Balaban J connectivity index is 1.38. The van der Waals surface area contributed by atoms with Crippen LogP contribution in [0.3, 0.4) is 0 Å². The Kier molecular flexibility index (Phi) is 4.38. The molecule has 1 aliphatic rings. The monoisotopic (exact) mass is 423 g/mol. The quantitative estimate of drug-likeness (QED) is 0.378. The standard InChI is InChI=1S/C26H22FN5/c1-2-3-4-16-5-7-17(8-6-16)20-11-12-22-23-14-18-13-19(32-15-28-30-31-32)9-10-21(18)25(23)29-26(22)24(20)27/h5-13,15,29H,2-4,14H2,1H3. The zero-order chi connectivity index (χ0) is 21.7. The molecule has 1 N–H and O–H groups in total. The molecule has 0 amide bonds. The van der Waals surface area contributed by atoms with Gasteiger partial charge in [-0.2, -0.15) is 0 Å². The summed E-state index contributed by atoms with van der Waals surface area (Å²) in [6.07, 6.45) is 5.75. The fraction of sp³-hybridized carbons (Fsp3) is 0.192. The lowest BCUT2D eigenvalue weighted by Crippen LogP contribution is -1.96. The molecule has 1 aliphatic carbocycles. The number of nitrogens with one attached hydrogen (secondary N) is 1. The van der Waals surface area contributed by atoms with Crippen molar-refractivity contribution in [2.45, 2.75) is 32.6 Å². The van der Waals surface area contributed by atoms with Gasteiger partial charge >= 0.3 is 0 Å². The maximum absolute atomic E-state index is 15.6. The van der Waals surface area contributed by atoms with Crippen LogP contribution in [0.15, 0.2) is 60.9 Å². The van der Waals surface area contributed by atoms with Crippen molar-refractivity contribution in [2.24, 2.45) is 0 Å². The van der Waals surface area contributed by atoms with Crippen molar-refractivity contribution in [2.75, 3.05) is 0 Å². The summed E-state index contributed by atoms with van der Waals surface area (Å²) in [5.74, 6) is -0.190. The largest absolute Gasteiger partial charge is 0.352 e. The van der Waals surface area contributed by atoms with E-state index in [0.29, 0.717) is 11.1 Å². The molecule has 6 heteroatoms. The number of aryl methyl sites for hydroxylation is 1. The first-order valence-electron chi connectivity index (χ1n) is 11.0. The van der Waals surface area contributed by atoms with E-state index in [1.54, 1.807) is 11.0 Å². The molecule has 0 aliphatic heterocycles. The summed E-state index contributed by atoms with van der Waals surface area (Å²) in [6, 6.07) is 18.4. The second-order valence-electron chi connectivity index (χ2n) is 8.40. The number of tetrazole rings is 1. The van der Waals surface area contributed by atoms with E-state index in [1.807, 2.05) is 30.3 Å². The number of unbranched alkanes of at least 4 members (excludes halogenated alkanes) is 1. The van der Waals surface area contributed by atoms with Gasteiger partial charge in [-0.05, 0) is 57.7 Å². The molecule has 5 aromatic rings. The molecule has 0 saturated carbocycles. The zero-order valence-electron chi connectivity index (χ0n) is 17.8. The second kappa shape index (κ2) is 7.41. The van der Waals surface area contributed by atoms with E-state index in [9.17, 15) is 0 Å². The van der Waals surface area contributed by atoms with Crippen LogP contribution in [0.4, 0.5) is 4.39 Å². The van der Waals surface area contributed by atoms with Gasteiger partial charge in [0.05, 0.1) is 16.9 Å². The van der Waals surface area contributed by atoms with Gasteiger partial charge in [0, 0.05) is 22.9 Å². The molecule has 0 fully saturated rings. The average Bonchev–Trinajstić information content (AvgIpc) is 3.54. The second-order valence-corrected chi connectivity index (χ2v) is 8.40. The van der Waals surface area contributed by atoms with E-state index in [4.69, 9.17) is 0 Å². The van der Waals surface area contributed by atoms with Crippen LogP contribution in [0.2, 0.25) is 0 Å². The number of H-pyrrole nitrogens is 1. The van der Waals surface area contributed by atoms with Crippen molar-refractivity contribution >= 4 is 10.9 Å². The van der Waals surface area contributed by atoms with Crippen molar-refractivity contribution in [3.63, 3.8) is 0 Å². The molecule has 32 heavy (non-hydrogen) atoms. The summed E-state index contributed by atoms with van der Waals surface area (Å²) in [6.45, 7) is 2.19. The summed E-state index contributed by atoms with van der Waals surface area (Å²) < 4.78 is 17.2. The van der Waals surface area contributed by atoms with Gasteiger partial charge in [-0.25, -0.2) is 9.07 Å². The highest BCUT2D eigenvalue weighted by Crippen LogP contribution is 2.43. The summed E-state index contributed by atoms with van der Waals surface area (Å²) in [4.78, 5) is 3.38. The number of fused-ring (bicyclic) bond motifs is 5. The normalized spacial score (nSPS) is 12.3. The van der Waals surface area contributed by atoms with Gasteiger partial charge in [-0.3, -0.25) is 0 Å². The van der Waals surface area contributed by atoms with Crippen LogP contribution in [0, 0.1) is 5.82 Å². The minimum atomic E-state index is -0.190. The summed E-state index contributed by atoms with van der Waals surface area (Å²) >= 11 is 0.